The van der Waals surface area contributed by atoms with Crippen LogP contribution in [0.2, 0.25) is 0 Å². The van der Waals surface area contributed by atoms with Crippen LogP contribution in [0.3, 0.4) is 0 Å². The quantitative estimate of drug-likeness (QED) is 0.566. The van der Waals surface area contributed by atoms with Gasteiger partial charge in [0.15, 0.2) is 5.41 Å². The van der Waals surface area contributed by atoms with Gasteiger partial charge in [0.2, 0.25) is 0 Å². The smallest absolute Gasteiger partial charge is 0.327 e. The van der Waals surface area contributed by atoms with E-state index in [2.05, 4.69) is 26.8 Å². The predicted molar refractivity (Wildman–Crippen MR) is 52.5 cm³/mol. The third-order valence-electron chi connectivity index (χ3n) is 5.12. The largest absolute Gasteiger partial charge is 0.460 e. The first kappa shape index (κ1) is 9.21. The molecule has 1 saturated heterocycles. The number of fused-ring (bicyclic) bond motifs is 1. The van der Waals surface area contributed by atoms with Crippen molar-refractivity contribution in [2.24, 2.45) is 28.6 Å². The Morgan fingerprint density at radius 3 is 2.73 bits per heavy atom. The second-order valence-corrected chi connectivity index (χ2v) is 5.92. The minimum Gasteiger partial charge on any atom is -0.460 e. The molecule has 3 nitrogen and oxygen atoms in total. The summed E-state index contributed by atoms with van der Waals surface area (Å²) in [5.41, 5.74) is -0.739. The van der Waals surface area contributed by atoms with Gasteiger partial charge in [0.25, 0.3) is 0 Å². The topological polar surface area (TPSA) is 50.1 Å². The molecule has 0 aromatic rings. The lowest BCUT2D eigenvalue weighted by Gasteiger charge is -2.25. The lowest BCUT2D eigenvalue weighted by molar-refractivity contribution is -0.146. The summed E-state index contributed by atoms with van der Waals surface area (Å²) in [7, 11) is 0. The molecule has 80 valence electrons. The fraction of sp³-hybridized carbons (Fsp3) is 0.833. The zero-order valence-corrected chi connectivity index (χ0v) is 9.28. The van der Waals surface area contributed by atoms with Crippen LogP contribution in [0.15, 0.2) is 0 Å². The molecule has 1 heterocycles. The van der Waals surface area contributed by atoms with Crippen molar-refractivity contribution in [3.8, 4) is 6.07 Å². The highest BCUT2D eigenvalue weighted by Crippen LogP contribution is 2.71. The molecule has 3 aliphatic rings. The molecule has 0 amide bonds. The maximum atomic E-state index is 11.8. The van der Waals surface area contributed by atoms with Gasteiger partial charge in [0.05, 0.1) is 6.07 Å². The monoisotopic (exact) mass is 205 g/mol. The molecule has 0 aromatic carbocycles. The SMILES string of the molecule is CC1C2OC(=O)C3(C#N)CC1C(C)(C)C23. The van der Waals surface area contributed by atoms with E-state index in [4.69, 9.17) is 4.74 Å². The van der Waals surface area contributed by atoms with E-state index in [9.17, 15) is 10.1 Å². The summed E-state index contributed by atoms with van der Waals surface area (Å²) in [6.45, 7) is 6.51. The average molecular weight is 205 g/mol. The highest BCUT2D eigenvalue weighted by molar-refractivity contribution is 5.84. The van der Waals surface area contributed by atoms with E-state index in [1.165, 1.54) is 0 Å². The van der Waals surface area contributed by atoms with Crippen molar-refractivity contribution in [1.82, 2.24) is 0 Å². The summed E-state index contributed by atoms with van der Waals surface area (Å²) < 4.78 is 5.42. The molecule has 3 heteroatoms. The Kier molecular flexibility index (Phi) is 1.36. The molecule has 2 saturated carbocycles. The number of hydrogen-bond acceptors (Lipinski definition) is 3. The van der Waals surface area contributed by atoms with Gasteiger partial charge in [-0.25, -0.2) is 0 Å². The van der Waals surface area contributed by atoms with Crippen LogP contribution in [-0.4, -0.2) is 12.1 Å². The van der Waals surface area contributed by atoms with Gasteiger partial charge in [0.1, 0.15) is 6.10 Å². The van der Waals surface area contributed by atoms with Crippen molar-refractivity contribution in [3.05, 3.63) is 0 Å². The van der Waals surface area contributed by atoms with Gasteiger partial charge in [-0.1, -0.05) is 20.8 Å². The second-order valence-electron chi connectivity index (χ2n) is 5.92. The van der Waals surface area contributed by atoms with E-state index in [0.717, 1.165) is 0 Å². The van der Waals surface area contributed by atoms with E-state index >= 15 is 0 Å². The number of carbonyl (C=O) groups is 1. The Morgan fingerprint density at radius 1 is 1.53 bits per heavy atom. The van der Waals surface area contributed by atoms with Crippen molar-refractivity contribution in [3.63, 3.8) is 0 Å². The number of esters is 1. The molecule has 3 fully saturated rings. The fourth-order valence-electron chi connectivity index (χ4n) is 4.48. The molecule has 0 aromatic heterocycles. The minimum atomic E-state index is -0.814. The maximum Gasteiger partial charge on any atom is 0.327 e. The molecule has 15 heavy (non-hydrogen) atoms. The van der Waals surface area contributed by atoms with Gasteiger partial charge >= 0.3 is 5.97 Å². The summed E-state index contributed by atoms with van der Waals surface area (Å²) >= 11 is 0. The van der Waals surface area contributed by atoms with Crippen LogP contribution >= 0.6 is 0 Å². The van der Waals surface area contributed by atoms with Crippen LogP contribution < -0.4 is 0 Å². The lowest BCUT2D eigenvalue weighted by atomic mass is 9.71. The molecule has 1 aliphatic heterocycles. The lowest BCUT2D eigenvalue weighted by Crippen LogP contribution is -2.34. The highest BCUT2D eigenvalue weighted by atomic mass is 16.6. The van der Waals surface area contributed by atoms with Crippen LogP contribution in [0, 0.1) is 39.9 Å². The summed E-state index contributed by atoms with van der Waals surface area (Å²) in [6.07, 6.45) is 0.698. The molecule has 2 aliphatic carbocycles. The summed E-state index contributed by atoms with van der Waals surface area (Å²) in [5.74, 6) is 0.721. The summed E-state index contributed by atoms with van der Waals surface area (Å²) in [6, 6.07) is 2.25. The van der Waals surface area contributed by atoms with E-state index in [-0.39, 0.29) is 23.4 Å². The van der Waals surface area contributed by atoms with Crippen LogP contribution in [0.4, 0.5) is 0 Å². The Morgan fingerprint density at radius 2 is 2.20 bits per heavy atom. The third-order valence-corrected chi connectivity index (χ3v) is 5.12. The van der Waals surface area contributed by atoms with Gasteiger partial charge in [-0.3, -0.25) is 4.79 Å². The molecular weight excluding hydrogens is 190 g/mol. The first-order valence-corrected chi connectivity index (χ1v) is 5.57. The molecule has 2 bridgehead atoms. The van der Waals surface area contributed by atoms with Crippen LogP contribution in [0.5, 0.6) is 0 Å². The molecular formula is C12H15NO2. The second kappa shape index (κ2) is 2.21. The van der Waals surface area contributed by atoms with Gasteiger partial charge in [-0.2, -0.15) is 5.26 Å². The molecule has 3 rings (SSSR count). The van der Waals surface area contributed by atoms with Crippen molar-refractivity contribution >= 4 is 5.97 Å². The standard InChI is InChI=1S/C12H15NO2/c1-6-7-4-12(5-13)9(11(7,2)3)8(6)15-10(12)14/h6-9H,4H2,1-3H3. The number of carbonyl (C=O) groups excluding carboxylic acids is 1. The van der Waals surface area contributed by atoms with Crippen molar-refractivity contribution in [2.45, 2.75) is 33.3 Å². The van der Waals surface area contributed by atoms with Crippen molar-refractivity contribution in [2.75, 3.05) is 0 Å². The van der Waals surface area contributed by atoms with E-state index in [0.29, 0.717) is 18.3 Å². The fourth-order valence-corrected chi connectivity index (χ4v) is 4.48. The highest BCUT2D eigenvalue weighted by Gasteiger charge is 2.76. The molecule has 0 spiro atoms. The van der Waals surface area contributed by atoms with Gasteiger partial charge < -0.3 is 4.74 Å². The Hall–Kier alpha value is -1.04. The number of rotatable bonds is 0. The van der Waals surface area contributed by atoms with Crippen molar-refractivity contribution < 1.29 is 9.53 Å². The van der Waals surface area contributed by atoms with Crippen molar-refractivity contribution in [1.29, 1.82) is 5.26 Å². The minimum absolute atomic E-state index is 0.00843. The summed E-state index contributed by atoms with van der Waals surface area (Å²) in [4.78, 5) is 11.8. The molecule has 0 N–H and O–H groups in total. The first-order chi connectivity index (χ1) is 6.95. The Balaban J connectivity index is 2.20. The number of ether oxygens (including phenoxy) is 1. The first-order valence-electron chi connectivity index (χ1n) is 5.57. The number of nitriles is 1. The van der Waals surface area contributed by atoms with Crippen LogP contribution in [-0.2, 0) is 9.53 Å². The van der Waals surface area contributed by atoms with Gasteiger partial charge in [0, 0.05) is 5.92 Å². The van der Waals surface area contributed by atoms with E-state index in [1.54, 1.807) is 0 Å². The Bertz CT molecular complexity index is 395. The molecule has 5 atom stereocenters. The van der Waals surface area contributed by atoms with Crippen LogP contribution in [0.1, 0.15) is 27.2 Å². The summed E-state index contributed by atoms with van der Waals surface area (Å²) in [5, 5.41) is 9.30. The molecule has 5 unspecified atom stereocenters. The van der Waals surface area contributed by atoms with Gasteiger partial charge in [-0.15, -0.1) is 0 Å². The predicted octanol–water partition coefficient (Wildman–Crippen LogP) is 1.73. The number of hydrogen-bond donors (Lipinski definition) is 0. The number of nitrogens with zero attached hydrogens (tertiary/aromatic N) is 1. The zero-order chi connectivity index (χ0) is 11.0. The van der Waals surface area contributed by atoms with E-state index < -0.39 is 5.41 Å². The van der Waals surface area contributed by atoms with E-state index in [1.807, 2.05) is 0 Å². The zero-order valence-electron chi connectivity index (χ0n) is 9.28. The van der Waals surface area contributed by atoms with Crippen LogP contribution in [0.25, 0.3) is 0 Å². The van der Waals surface area contributed by atoms with Gasteiger partial charge in [-0.05, 0) is 23.7 Å². The molecule has 0 radical (unpaired) electrons. The normalized spacial score (nSPS) is 54.1. The third kappa shape index (κ3) is 0.706. The Labute approximate surface area is 89.4 Å². The average Bonchev–Trinajstić information content (AvgIpc) is 2.63. The maximum absolute atomic E-state index is 11.8.